The van der Waals surface area contributed by atoms with E-state index in [2.05, 4.69) is 19.2 Å². The Balaban J connectivity index is 1.46. The van der Waals surface area contributed by atoms with Gasteiger partial charge in [0, 0.05) is 30.4 Å². The minimum Gasteiger partial charge on any atom is -0.486 e. The van der Waals surface area contributed by atoms with Gasteiger partial charge in [0.2, 0.25) is 11.8 Å². The van der Waals surface area contributed by atoms with Crippen LogP contribution in [0.4, 0.5) is 11.4 Å². The molecular weight excluding hydrogens is 356 g/mol. The van der Waals surface area contributed by atoms with Crippen LogP contribution in [-0.4, -0.2) is 31.6 Å². The summed E-state index contributed by atoms with van der Waals surface area (Å²) in [7, 11) is 0. The van der Waals surface area contributed by atoms with E-state index in [1.54, 1.807) is 11.0 Å². The van der Waals surface area contributed by atoms with Gasteiger partial charge in [-0.3, -0.25) is 9.59 Å². The van der Waals surface area contributed by atoms with E-state index in [1.165, 1.54) is 5.56 Å². The Kier molecular flexibility index (Phi) is 4.94. The van der Waals surface area contributed by atoms with E-state index in [4.69, 9.17) is 9.47 Å². The summed E-state index contributed by atoms with van der Waals surface area (Å²) < 4.78 is 11.1. The fourth-order valence-corrected chi connectivity index (χ4v) is 3.55. The molecule has 0 spiro atoms. The highest BCUT2D eigenvalue weighted by Crippen LogP contribution is 2.36. The monoisotopic (exact) mass is 380 g/mol. The van der Waals surface area contributed by atoms with E-state index in [-0.39, 0.29) is 24.2 Å². The molecule has 146 valence electrons. The van der Waals surface area contributed by atoms with E-state index >= 15 is 0 Å². The zero-order chi connectivity index (χ0) is 19.7. The second kappa shape index (κ2) is 7.54. The second-order valence-corrected chi connectivity index (χ2v) is 7.50. The van der Waals surface area contributed by atoms with Gasteiger partial charge in [0.15, 0.2) is 11.5 Å². The summed E-state index contributed by atoms with van der Waals surface area (Å²) in [5.74, 6) is 1.12. The number of carbonyl (C=O) groups is 2. The smallest absolute Gasteiger partial charge is 0.229 e. The number of ether oxygens (including phenoxy) is 2. The average molecular weight is 380 g/mol. The fourth-order valence-electron chi connectivity index (χ4n) is 3.55. The van der Waals surface area contributed by atoms with Gasteiger partial charge in [-0.15, -0.1) is 0 Å². The van der Waals surface area contributed by atoms with E-state index in [0.29, 0.717) is 37.2 Å². The maximum absolute atomic E-state index is 12.7. The Labute approximate surface area is 164 Å². The molecule has 6 nitrogen and oxygen atoms in total. The Hall–Kier alpha value is -3.02. The Morgan fingerprint density at radius 2 is 1.89 bits per heavy atom. The van der Waals surface area contributed by atoms with Crippen LogP contribution >= 0.6 is 0 Å². The first kappa shape index (κ1) is 18.3. The van der Waals surface area contributed by atoms with Crippen molar-refractivity contribution in [2.24, 2.45) is 5.92 Å². The van der Waals surface area contributed by atoms with Crippen molar-refractivity contribution in [1.29, 1.82) is 0 Å². The molecule has 1 saturated heterocycles. The van der Waals surface area contributed by atoms with Gasteiger partial charge in [-0.05, 0) is 35.7 Å². The van der Waals surface area contributed by atoms with Gasteiger partial charge >= 0.3 is 0 Å². The van der Waals surface area contributed by atoms with Crippen LogP contribution < -0.4 is 19.7 Å². The lowest BCUT2D eigenvalue weighted by atomic mass is 10.0. The maximum atomic E-state index is 12.7. The summed E-state index contributed by atoms with van der Waals surface area (Å²) in [4.78, 5) is 26.9. The fraction of sp³-hybridized carbons (Fsp3) is 0.364. The molecule has 0 aromatic heterocycles. The average Bonchev–Trinajstić information content (AvgIpc) is 3.09. The van der Waals surface area contributed by atoms with Gasteiger partial charge < -0.3 is 19.7 Å². The standard InChI is InChI=1S/C22H24N2O4/c1-14(2)15-4-3-5-17(10-15)23-22(26)16-11-21(25)24(13-16)18-6-7-19-20(12-18)28-9-8-27-19/h3-7,10,12,14,16H,8-9,11,13H2,1-2H3,(H,23,26)/t16-/m0/s1. The molecule has 0 aliphatic carbocycles. The number of carbonyl (C=O) groups excluding carboxylic acids is 2. The van der Waals surface area contributed by atoms with Crippen molar-refractivity contribution < 1.29 is 19.1 Å². The summed E-state index contributed by atoms with van der Waals surface area (Å²) in [6, 6.07) is 13.3. The lowest BCUT2D eigenvalue weighted by Crippen LogP contribution is -2.28. The Morgan fingerprint density at radius 3 is 2.68 bits per heavy atom. The highest BCUT2D eigenvalue weighted by Gasteiger charge is 2.35. The van der Waals surface area contributed by atoms with Crippen molar-refractivity contribution in [3.63, 3.8) is 0 Å². The number of nitrogens with zero attached hydrogens (tertiary/aromatic N) is 1. The highest BCUT2D eigenvalue weighted by atomic mass is 16.6. The molecule has 1 fully saturated rings. The maximum Gasteiger partial charge on any atom is 0.229 e. The number of hydrogen-bond acceptors (Lipinski definition) is 4. The van der Waals surface area contributed by atoms with Crippen molar-refractivity contribution in [3.05, 3.63) is 48.0 Å². The molecule has 2 amide bonds. The Bertz CT molecular complexity index is 909. The van der Waals surface area contributed by atoms with Crippen LogP contribution in [0.25, 0.3) is 0 Å². The molecule has 6 heteroatoms. The molecular formula is C22H24N2O4. The number of nitrogens with one attached hydrogen (secondary N) is 1. The predicted octanol–water partition coefficient (Wildman–Crippen LogP) is 3.57. The van der Waals surface area contributed by atoms with Gasteiger partial charge in [0.1, 0.15) is 13.2 Å². The number of hydrogen-bond donors (Lipinski definition) is 1. The van der Waals surface area contributed by atoms with Crippen LogP contribution in [0.5, 0.6) is 11.5 Å². The molecule has 0 bridgehead atoms. The van der Waals surface area contributed by atoms with Gasteiger partial charge in [-0.2, -0.15) is 0 Å². The van der Waals surface area contributed by atoms with Crippen LogP contribution in [0, 0.1) is 5.92 Å². The van der Waals surface area contributed by atoms with Crippen LogP contribution in [-0.2, 0) is 9.59 Å². The normalized spacial score (nSPS) is 18.5. The summed E-state index contributed by atoms with van der Waals surface area (Å²) in [5.41, 5.74) is 2.66. The molecule has 0 radical (unpaired) electrons. The zero-order valence-electron chi connectivity index (χ0n) is 16.1. The van der Waals surface area contributed by atoms with Crippen LogP contribution in [0.1, 0.15) is 31.7 Å². The summed E-state index contributed by atoms with van der Waals surface area (Å²) in [6.07, 6.45) is 0.199. The number of anilines is 2. The molecule has 1 N–H and O–H groups in total. The first-order valence-corrected chi connectivity index (χ1v) is 9.62. The van der Waals surface area contributed by atoms with E-state index in [9.17, 15) is 9.59 Å². The molecule has 2 aliphatic heterocycles. The summed E-state index contributed by atoms with van der Waals surface area (Å²) >= 11 is 0. The van der Waals surface area contributed by atoms with E-state index in [1.807, 2.05) is 36.4 Å². The molecule has 2 heterocycles. The Morgan fingerprint density at radius 1 is 1.11 bits per heavy atom. The van der Waals surface area contributed by atoms with Crippen LogP contribution in [0.3, 0.4) is 0 Å². The number of amides is 2. The van der Waals surface area contributed by atoms with Gasteiger partial charge in [-0.25, -0.2) is 0 Å². The van der Waals surface area contributed by atoms with Crippen molar-refractivity contribution in [2.45, 2.75) is 26.2 Å². The van der Waals surface area contributed by atoms with Crippen molar-refractivity contribution in [2.75, 3.05) is 30.0 Å². The third kappa shape index (κ3) is 3.67. The minimum absolute atomic E-state index is 0.0623. The minimum atomic E-state index is -0.386. The quantitative estimate of drug-likeness (QED) is 0.880. The third-order valence-electron chi connectivity index (χ3n) is 5.15. The third-order valence-corrected chi connectivity index (χ3v) is 5.15. The lowest BCUT2D eigenvalue weighted by molar-refractivity contribution is -0.122. The molecule has 28 heavy (non-hydrogen) atoms. The predicted molar refractivity (Wildman–Crippen MR) is 107 cm³/mol. The summed E-state index contributed by atoms with van der Waals surface area (Å²) in [6.45, 7) is 5.60. The van der Waals surface area contributed by atoms with Gasteiger partial charge in [0.25, 0.3) is 0 Å². The first-order chi connectivity index (χ1) is 13.5. The second-order valence-electron chi connectivity index (χ2n) is 7.50. The molecule has 0 saturated carbocycles. The van der Waals surface area contributed by atoms with Crippen molar-refractivity contribution in [1.82, 2.24) is 0 Å². The number of benzene rings is 2. The van der Waals surface area contributed by atoms with Gasteiger partial charge in [0.05, 0.1) is 5.92 Å². The van der Waals surface area contributed by atoms with Crippen molar-refractivity contribution in [3.8, 4) is 11.5 Å². The first-order valence-electron chi connectivity index (χ1n) is 9.62. The number of fused-ring (bicyclic) bond motifs is 1. The molecule has 2 aliphatic rings. The highest BCUT2D eigenvalue weighted by molar-refractivity contribution is 6.03. The molecule has 1 atom stereocenters. The van der Waals surface area contributed by atoms with E-state index < -0.39 is 0 Å². The topological polar surface area (TPSA) is 67.9 Å². The molecule has 0 unspecified atom stereocenters. The molecule has 4 rings (SSSR count). The zero-order valence-corrected chi connectivity index (χ0v) is 16.1. The SMILES string of the molecule is CC(C)c1cccc(NC(=O)[C@H]2CC(=O)N(c3ccc4c(c3)OCCO4)C2)c1. The lowest BCUT2D eigenvalue weighted by Gasteiger charge is -2.22. The molecule has 2 aromatic carbocycles. The van der Waals surface area contributed by atoms with Crippen molar-refractivity contribution >= 4 is 23.2 Å². The summed E-state index contributed by atoms with van der Waals surface area (Å²) in [5, 5.41) is 2.96. The van der Waals surface area contributed by atoms with Crippen LogP contribution in [0.15, 0.2) is 42.5 Å². The molecule has 2 aromatic rings. The number of rotatable bonds is 4. The van der Waals surface area contributed by atoms with Gasteiger partial charge in [-0.1, -0.05) is 26.0 Å². The largest absolute Gasteiger partial charge is 0.486 e. The van der Waals surface area contributed by atoms with Crippen LogP contribution in [0.2, 0.25) is 0 Å². The van der Waals surface area contributed by atoms with E-state index in [0.717, 1.165) is 11.4 Å².